The van der Waals surface area contributed by atoms with Crippen molar-refractivity contribution in [2.24, 2.45) is 5.14 Å². The van der Waals surface area contributed by atoms with Gasteiger partial charge in [-0.15, -0.1) is 0 Å². The van der Waals surface area contributed by atoms with Gasteiger partial charge in [0.15, 0.2) is 5.60 Å². The number of piperidine rings is 1. The Morgan fingerprint density at radius 3 is 2.11 bits per heavy atom. The van der Waals surface area contributed by atoms with Crippen LogP contribution in [0, 0.1) is 0 Å². The molecule has 1 atom stereocenters. The van der Waals surface area contributed by atoms with Gasteiger partial charge in [-0.2, -0.15) is 13.2 Å². The fraction of sp³-hybridized carbons (Fsp3) is 1.00. The van der Waals surface area contributed by atoms with Gasteiger partial charge >= 0.3 is 6.18 Å². The van der Waals surface area contributed by atoms with E-state index in [9.17, 15) is 26.7 Å². The third-order valence-electron chi connectivity index (χ3n) is 3.14. The highest BCUT2D eigenvalue weighted by molar-refractivity contribution is 7.89. The molecule has 9 heteroatoms. The first-order valence-corrected chi connectivity index (χ1v) is 7.07. The SMILES string of the molecule is CC(O)(CN1CCC(S(N)(=O)=O)CC1)C(F)(F)F. The van der Waals surface area contributed by atoms with Crippen molar-refractivity contribution in [2.75, 3.05) is 19.6 Å². The van der Waals surface area contributed by atoms with Crippen LogP contribution in [0.2, 0.25) is 0 Å². The minimum atomic E-state index is -4.70. The number of aliphatic hydroxyl groups is 1. The normalized spacial score (nSPS) is 23.9. The molecule has 3 N–H and O–H groups in total. The largest absolute Gasteiger partial charge is 0.418 e. The maximum Gasteiger partial charge on any atom is 0.418 e. The smallest absolute Gasteiger partial charge is 0.380 e. The van der Waals surface area contributed by atoms with E-state index >= 15 is 0 Å². The zero-order valence-corrected chi connectivity index (χ0v) is 10.8. The molecule has 108 valence electrons. The van der Waals surface area contributed by atoms with Gasteiger partial charge in [-0.05, 0) is 32.9 Å². The first kappa shape index (κ1) is 15.7. The van der Waals surface area contributed by atoms with Crippen molar-refractivity contribution in [1.29, 1.82) is 0 Å². The molecule has 1 unspecified atom stereocenters. The highest BCUT2D eigenvalue weighted by Crippen LogP contribution is 2.31. The van der Waals surface area contributed by atoms with Gasteiger partial charge in [0, 0.05) is 6.54 Å². The lowest BCUT2D eigenvalue weighted by Crippen LogP contribution is -2.53. The van der Waals surface area contributed by atoms with E-state index in [4.69, 9.17) is 5.14 Å². The lowest BCUT2D eigenvalue weighted by atomic mass is 10.0. The topological polar surface area (TPSA) is 83.6 Å². The summed E-state index contributed by atoms with van der Waals surface area (Å²) < 4.78 is 59.5. The number of likely N-dealkylation sites (tertiary alicyclic amines) is 1. The summed E-state index contributed by atoms with van der Waals surface area (Å²) in [5.41, 5.74) is -2.79. The molecule has 0 amide bonds. The molecule has 0 aliphatic carbocycles. The Balaban J connectivity index is 2.55. The predicted octanol–water partition coefficient (Wildman–Crippen LogP) is 0.0526. The molecule has 1 saturated heterocycles. The van der Waals surface area contributed by atoms with Crippen LogP contribution in [-0.2, 0) is 10.0 Å². The Morgan fingerprint density at radius 2 is 1.78 bits per heavy atom. The van der Waals surface area contributed by atoms with Gasteiger partial charge in [-0.3, -0.25) is 0 Å². The molecule has 0 saturated carbocycles. The minimum Gasteiger partial charge on any atom is -0.380 e. The Labute approximate surface area is 104 Å². The summed E-state index contributed by atoms with van der Waals surface area (Å²) in [7, 11) is -3.63. The van der Waals surface area contributed by atoms with E-state index in [0.717, 1.165) is 0 Å². The summed E-state index contributed by atoms with van der Waals surface area (Å²) in [6, 6.07) is 0. The van der Waals surface area contributed by atoms with Crippen molar-refractivity contribution in [3.63, 3.8) is 0 Å². The number of primary sulfonamides is 1. The van der Waals surface area contributed by atoms with Gasteiger partial charge in [0.2, 0.25) is 10.0 Å². The third kappa shape index (κ3) is 3.81. The second-order valence-corrected chi connectivity index (χ2v) is 6.68. The van der Waals surface area contributed by atoms with Crippen molar-refractivity contribution in [2.45, 2.75) is 36.8 Å². The zero-order chi connectivity index (χ0) is 14.2. The Hall–Kier alpha value is -0.380. The second-order valence-electron chi connectivity index (χ2n) is 4.84. The molecular formula is C9H17F3N2O3S. The molecule has 1 heterocycles. The van der Waals surface area contributed by atoms with Crippen molar-refractivity contribution >= 4 is 10.0 Å². The maximum absolute atomic E-state index is 12.5. The highest BCUT2D eigenvalue weighted by Gasteiger charge is 2.50. The lowest BCUT2D eigenvalue weighted by molar-refractivity contribution is -0.257. The van der Waals surface area contributed by atoms with Crippen molar-refractivity contribution in [1.82, 2.24) is 4.90 Å². The van der Waals surface area contributed by atoms with Crippen LogP contribution in [0.4, 0.5) is 13.2 Å². The van der Waals surface area contributed by atoms with Crippen molar-refractivity contribution in [3.8, 4) is 0 Å². The van der Waals surface area contributed by atoms with Crippen LogP contribution in [-0.4, -0.2) is 55.1 Å². The van der Waals surface area contributed by atoms with Crippen LogP contribution in [0.5, 0.6) is 0 Å². The van der Waals surface area contributed by atoms with E-state index < -0.39 is 33.6 Å². The Bertz CT molecular complexity index is 386. The molecule has 0 spiro atoms. The number of β-amino-alcohol motifs (C(OH)–C–C–N with tert-alkyl or cyclic N) is 1. The van der Waals surface area contributed by atoms with Gasteiger partial charge in [0.1, 0.15) is 0 Å². The molecule has 18 heavy (non-hydrogen) atoms. The van der Waals surface area contributed by atoms with E-state index in [-0.39, 0.29) is 25.9 Å². The van der Waals surface area contributed by atoms with Crippen LogP contribution in [0.1, 0.15) is 19.8 Å². The first-order valence-electron chi connectivity index (χ1n) is 5.46. The zero-order valence-electron chi connectivity index (χ0n) is 9.94. The van der Waals surface area contributed by atoms with Crippen LogP contribution in [0.3, 0.4) is 0 Å². The van der Waals surface area contributed by atoms with Gasteiger partial charge in [-0.25, -0.2) is 13.6 Å². The highest BCUT2D eigenvalue weighted by atomic mass is 32.2. The molecule has 1 aliphatic rings. The van der Waals surface area contributed by atoms with E-state index in [1.807, 2.05) is 0 Å². The number of halogens is 3. The maximum atomic E-state index is 12.5. The minimum absolute atomic E-state index is 0.174. The number of rotatable bonds is 3. The van der Waals surface area contributed by atoms with Gasteiger partial charge < -0.3 is 10.0 Å². The van der Waals surface area contributed by atoms with E-state index in [1.54, 1.807) is 0 Å². The fourth-order valence-electron chi connectivity index (χ4n) is 1.92. The molecule has 0 aromatic rings. The predicted molar refractivity (Wildman–Crippen MR) is 59.2 cm³/mol. The van der Waals surface area contributed by atoms with Crippen molar-refractivity contribution < 1.29 is 26.7 Å². The fourth-order valence-corrected chi connectivity index (χ4v) is 2.79. The average Bonchev–Trinajstić information content (AvgIpc) is 2.14. The van der Waals surface area contributed by atoms with Gasteiger partial charge in [0.05, 0.1) is 5.25 Å². The molecule has 0 aromatic carbocycles. The molecule has 0 bridgehead atoms. The molecule has 1 aliphatic heterocycles. The summed E-state index contributed by atoms with van der Waals surface area (Å²) in [5.74, 6) is 0. The second kappa shape index (κ2) is 4.95. The number of sulfonamides is 1. The molecule has 1 rings (SSSR count). The average molecular weight is 290 g/mol. The number of alkyl halides is 3. The quantitative estimate of drug-likeness (QED) is 0.769. The Kier molecular flexibility index (Phi) is 4.31. The van der Waals surface area contributed by atoms with Crippen LogP contribution in [0.15, 0.2) is 0 Å². The number of nitrogens with zero attached hydrogens (tertiary/aromatic N) is 1. The number of hydrogen-bond acceptors (Lipinski definition) is 4. The van der Waals surface area contributed by atoms with E-state index in [2.05, 4.69) is 0 Å². The van der Waals surface area contributed by atoms with E-state index in [1.165, 1.54) is 4.90 Å². The standard InChI is InChI=1S/C9H17F3N2O3S/c1-8(15,9(10,11)12)6-14-4-2-7(3-5-14)18(13,16)17/h7,15H,2-6H2,1H3,(H2,13,16,17). The van der Waals surface area contributed by atoms with E-state index in [0.29, 0.717) is 6.92 Å². The van der Waals surface area contributed by atoms with Gasteiger partial charge in [-0.1, -0.05) is 0 Å². The molecule has 0 radical (unpaired) electrons. The van der Waals surface area contributed by atoms with Gasteiger partial charge in [0.25, 0.3) is 0 Å². The number of hydrogen-bond donors (Lipinski definition) is 2. The third-order valence-corrected chi connectivity index (χ3v) is 4.54. The summed E-state index contributed by atoms with van der Waals surface area (Å²) in [6.07, 6.45) is -4.33. The Morgan fingerprint density at radius 1 is 1.33 bits per heavy atom. The summed E-state index contributed by atoms with van der Waals surface area (Å²) >= 11 is 0. The molecule has 5 nitrogen and oxygen atoms in total. The van der Waals surface area contributed by atoms with Crippen LogP contribution >= 0.6 is 0 Å². The molecule has 0 aromatic heterocycles. The van der Waals surface area contributed by atoms with Crippen molar-refractivity contribution in [3.05, 3.63) is 0 Å². The summed E-state index contributed by atoms with van der Waals surface area (Å²) in [6.45, 7) is 0.493. The molecule has 1 fully saturated rings. The van der Waals surface area contributed by atoms with Crippen LogP contribution < -0.4 is 5.14 Å². The number of nitrogens with two attached hydrogens (primary N) is 1. The summed E-state index contributed by atoms with van der Waals surface area (Å²) in [4.78, 5) is 1.40. The summed E-state index contributed by atoms with van der Waals surface area (Å²) in [5, 5.41) is 13.6. The molecular weight excluding hydrogens is 273 g/mol. The lowest BCUT2D eigenvalue weighted by Gasteiger charge is -2.36. The first-order chi connectivity index (χ1) is 7.93. The van der Waals surface area contributed by atoms with Crippen LogP contribution in [0.25, 0.3) is 0 Å². The monoisotopic (exact) mass is 290 g/mol.